The highest BCUT2D eigenvalue weighted by molar-refractivity contribution is 5.81. The summed E-state index contributed by atoms with van der Waals surface area (Å²) < 4.78 is 2.46. The molecular formula is C15H20N2. The van der Waals surface area contributed by atoms with E-state index in [-0.39, 0.29) is 0 Å². The quantitative estimate of drug-likeness (QED) is 0.766. The predicted molar refractivity (Wildman–Crippen MR) is 72.4 cm³/mol. The minimum atomic E-state index is 0.696. The normalized spacial score (nSPS) is 24.2. The van der Waals surface area contributed by atoms with Gasteiger partial charge in [0.1, 0.15) is 0 Å². The summed E-state index contributed by atoms with van der Waals surface area (Å²) in [6, 6.07) is 10.4. The zero-order chi connectivity index (χ0) is 12.0. The van der Waals surface area contributed by atoms with Crippen molar-refractivity contribution >= 4 is 10.9 Å². The van der Waals surface area contributed by atoms with Gasteiger partial charge in [-0.3, -0.25) is 0 Å². The van der Waals surface area contributed by atoms with Crippen molar-refractivity contribution in [3.63, 3.8) is 0 Å². The topological polar surface area (TPSA) is 8.17 Å². The predicted octanol–water partition coefficient (Wildman–Crippen LogP) is 3.21. The first-order valence-corrected chi connectivity index (χ1v) is 6.39. The molecule has 2 heteroatoms. The SMILES string of the molecule is Cc1ccc2ccn(C3CC(N(C)C)C3)c2c1. The van der Waals surface area contributed by atoms with E-state index >= 15 is 0 Å². The molecule has 0 N–H and O–H groups in total. The van der Waals surface area contributed by atoms with Crippen molar-refractivity contribution in [1.29, 1.82) is 0 Å². The van der Waals surface area contributed by atoms with Crippen LogP contribution in [0.1, 0.15) is 24.4 Å². The van der Waals surface area contributed by atoms with E-state index in [1.807, 2.05) is 0 Å². The highest BCUT2D eigenvalue weighted by Gasteiger charge is 2.32. The lowest BCUT2D eigenvalue weighted by Crippen LogP contribution is -2.41. The van der Waals surface area contributed by atoms with Crippen LogP contribution < -0.4 is 0 Å². The second-order valence-electron chi connectivity index (χ2n) is 5.53. The Morgan fingerprint density at radius 3 is 2.65 bits per heavy atom. The fourth-order valence-electron chi connectivity index (χ4n) is 2.79. The molecule has 0 atom stereocenters. The summed E-state index contributed by atoms with van der Waals surface area (Å²) in [5, 5.41) is 1.36. The fourth-order valence-corrected chi connectivity index (χ4v) is 2.79. The van der Waals surface area contributed by atoms with Crippen molar-refractivity contribution in [3.05, 3.63) is 36.0 Å². The average Bonchev–Trinajstić information content (AvgIpc) is 2.59. The van der Waals surface area contributed by atoms with E-state index in [0.29, 0.717) is 6.04 Å². The number of hydrogen-bond donors (Lipinski definition) is 0. The minimum Gasteiger partial charge on any atom is -0.344 e. The van der Waals surface area contributed by atoms with Gasteiger partial charge in [-0.25, -0.2) is 0 Å². The molecule has 2 aromatic rings. The van der Waals surface area contributed by atoms with Gasteiger partial charge in [-0.2, -0.15) is 0 Å². The Hall–Kier alpha value is -1.28. The molecule has 17 heavy (non-hydrogen) atoms. The lowest BCUT2D eigenvalue weighted by atomic mass is 9.85. The summed E-state index contributed by atoms with van der Waals surface area (Å²) in [5.74, 6) is 0. The number of rotatable bonds is 2. The Labute approximate surface area is 103 Å². The van der Waals surface area contributed by atoms with Gasteiger partial charge in [-0.05, 0) is 56.9 Å². The molecule has 0 bridgehead atoms. The highest BCUT2D eigenvalue weighted by atomic mass is 15.1. The molecule has 1 aromatic heterocycles. The van der Waals surface area contributed by atoms with Crippen molar-refractivity contribution in [3.8, 4) is 0 Å². The average molecular weight is 228 g/mol. The molecule has 2 nitrogen and oxygen atoms in total. The monoisotopic (exact) mass is 228 g/mol. The van der Waals surface area contributed by atoms with E-state index in [4.69, 9.17) is 0 Å². The van der Waals surface area contributed by atoms with Gasteiger partial charge in [0.2, 0.25) is 0 Å². The van der Waals surface area contributed by atoms with Gasteiger partial charge in [0.25, 0.3) is 0 Å². The molecule has 0 saturated heterocycles. The van der Waals surface area contributed by atoms with Gasteiger partial charge in [-0.15, -0.1) is 0 Å². The summed E-state index contributed by atoms with van der Waals surface area (Å²) >= 11 is 0. The van der Waals surface area contributed by atoms with E-state index < -0.39 is 0 Å². The first kappa shape index (κ1) is 10.8. The van der Waals surface area contributed by atoms with Crippen molar-refractivity contribution in [2.45, 2.75) is 31.8 Å². The maximum Gasteiger partial charge on any atom is 0.0485 e. The molecule has 1 heterocycles. The smallest absolute Gasteiger partial charge is 0.0485 e. The third-order valence-corrected chi connectivity index (χ3v) is 4.09. The van der Waals surface area contributed by atoms with Crippen LogP contribution in [0.4, 0.5) is 0 Å². The van der Waals surface area contributed by atoms with Crippen molar-refractivity contribution < 1.29 is 0 Å². The van der Waals surface area contributed by atoms with Crippen LogP contribution in [0, 0.1) is 6.92 Å². The summed E-state index contributed by atoms with van der Waals surface area (Å²) in [6.45, 7) is 2.17. The standard InChI is InChI=1S/C15H20N2/c1-11-4-5-12-6-7-17(15(12)8-11)14-9-13(10-14)16(2)3/h4-8,13-14H,9-10H2,1-3H3. The van der Waals surface area contributed by atoms with Gasteiger partial charge >= 0.3 is 0 Å². The van der Waals surface area contributed by atoms with E-state index in [1.54, 1.807) is 0 Å². The summed E-state index contributed by atoms with van der Waals surface area (Å²) in [5.41, 5.74) is 2.74. The van der Waals surface area contributed by atoms with E-state index in [9.17, 15) is 0 Å². The Bertz CT molecular complexity index is 533. The van der Waals surface area contributed by atoms with Gasteiger partial charge < -0.3 is 9.47 Å². The fraction of sp³-hybridized carbons (Fsp3) is 0.467. The maximum atomic E-state index is 2.46. The number of nitrogens with zero attached hydrogens (tertiary/aromatic N) is 2. The summed E-state index contributed by atoms with van der Waals surface area (Å²) in [6.07, 6.45) is 4.82. The molecule has 0 unspecified atom stereocenters. The van der Waals surface area contributed by atoms with Gasteiger partial charge in [0.15, 0.2) is 0 Å². The molecule has 1 saturated carbocycles. The molecule has 0 spiro atoms. The molecule has 1 aliphatic carbocycles. The number of aromatic nitrogens is 1. The second-order valence-corrected chi connectivity index (χ2v) is 5.53. The van der Waals surface area contributed by atoms with Crippen LogP contribution in [0.15, 0.2) is 30.5 Å². The largest absolute Gasteiger partial charge is 0.344 e. The van der Waals surface area contributed by atoms with Gasteiger partial charge in [-0.1, -0.05) is 12.1 Å². The lowest BCUT2D eigenvalue weighted by molar-refractivity contribution is 0.132. The molecule has 90 valence electrons. The first-order chi connectivity index (χ1) is 8.15. The zero-order valence-corrected chi connectivity index (χ0v) is 10.9. The molecule has 1 aliphatic rings. The number of benzene rings is 1. The number of fused-ring (bicyclic) bond motifs is 1. The number of aryl methyl sites for hydroxylation is 1. The molecule has 0 radical (unpaired) electrons. The molecule has 3 rings (SSSR count). The van der Waals surface area contributed by atoms with Crippen molar-refractivity contribution in [1.82, 2.24) is 9.47 Å². The zero-order valence-electron chi connectivity index (χ0n) is 10.9. The maximum absolute atomic E-state index is 2.46. The van der Waals surface area contributed by atoms with E-state index in [1.165, 1.54) is 29.3 Å². The Balaban J connectivity index is 1.89. The van der Waals surface area contributed by atoms with Crippen LogP contribution in [-0.4, -0.2) is 29.6 Å². The van der Waals surface area contributed by atoms with E-state index in [2.05, 4.69) is 60.9 Å². The van der Waals surface area contributed by atoms with Gasteiger partial charge in [0.05, 0.1) is 0 Å². The highest BCUT2D eigenvalue weighted by Crippen LogP contribution is 2.37. The van der Waals surface area contributed by atoms with E-state index in [0.717, 1.165) is 6.04 Å². The molecule has 0 aliphatic heterocycles. The second kappa shape index (κ2) is 3.88. The summed E-state index contributed by atoms with van der Waals surface area (Å²) in [4.78, 5) is 2.34. The van der Waals surface area contributed by atoms with Crippen LogP contribution in [0.5, 0.6) is 0 Å². The van der Waals surface area contributed by atoms with Crippen LogP contribution >= 0.6 is 0 Å². The van der Waals surface area contributed by atoms with Gasteiger partial charge in [0, 0.05) is 23.8 Å². The Kier molecular flexibility index (Phi) is 2.48. The Morgan fingerprint density at radius 2 is 1.94 bits per heavy atom. The molecule has 1 fully saturated rings. The third kappa shape index (κ3) is 1.77. The molecule has 0 amide bonds. The summed E-state index contributed by atoms with van der Waals surface area (Å²) in [7, 11) is 4.36. The molecule has 1 aromatic carbocycles. The van der Waals surface area contributed by atoms with Crippen LogP contribution in [0.3, 0.4) is 0 Å². The van der Waals surface area contributed by atoms with Crippen LogP contribution in [0.25, 0.3) is 10.9 Å². The van der Waals surface area contributed by atoms with Crippen LogP contribution in [0.2, 0.25) is 0 Å². The van der Waals surface area contributed by atoms with Crippen molar-refractivity contribution in [2.24, 2.45) is 0 Å². The lowest BCUT2D eigenvalue weighted by Gasteiger charge is -2.40. The molecular weight excluding hydrogens is 208 g/mol. The number of hydrogen-bond acceptors (Lipinski definition) is 1. The third-order valence-electron chi connectivity index (χ3n) is 4.09. The van der Waals surface area contributed by atoms with Crippen LogP contribution in [-0.2, 0) is 0 Å². The minimum absolute atomic E-state index is 0.696. The van der Waals surface area contributed by atoms with Crippen molar-refractivity contribution in [2.75, 3.05) is 14.1 Å². The Morgan fingerprint density at radius 1 is 1.18 bits per heavy atom. The first-order valence-electron chi connectivity index (χ1n) is 6.39.